The zero-order chi connectivity index (χ0) is 31.9. The summed E-state index contributed by atoms with van der Waals surface area (Å²) in [4.78, 5) is 40.9. The normalized spacial score (nSPS) is 18.9. The Hall–Kier alpha value is -4.37. The molecular formula is C35H35ClFN3O5. The molecule has 1 unspecified atom stereocenters. The number of nitrogens with one attached hydrogen (secondary N) is 2. The number of ether oxygens (including phenoxy) is 1. The highest BCUT2D eigenvalue weighted by Gasteiger charge is 2.55. The van der Waals surface area contributed by atoms with Crippen LogP contribution in [0.25, 0.3) is 22.1 Å². The Labute approximate surface area is 265 Å². The molecule has 8 nitrogen and oxygen atoms in total. The lowest BCUT2D eigenvalue weighted by Gasteiger charge is -2.27. The van der Waals surface area contributed by atoms with Gasteiger partial charge in [0.2, 0.25) is 11.8 Å². The van der Waals surface area contributed by atoms with E-state index in [0.29, 0.717) is 23.5 Å². The molecular weight excluding hydrogens is 597 g/mol. The molecule has 2 fully saturated rings. The van der Waals surface area contributed by atoms with Crippen molar-refractivity contribution in [3.05, 3.63) is 94.5 Å². The summed E-state index contributed by atoms with van der Waals surface area (Å²) in [5.41, 5.74) is 3.77. The molecule has 3 aromatic carbocycles. The van der Waals surface area contributed by atoms with Gasteiger partial charge in [0, 0.05) is 35.6 Å². The average molecular weight is 632 g/mol. The number of carbonyl (C=O) groups is 3. The Morgan fingerprint density at radius 3 is 2.60 bits per heavy atom. The maximum atomic E-state index is 14.4. The third-order valence-electron chi connectivity index (χ3n) is 8.22. The number of carbonyl (C=O) groups excluding carboxylic acids is 3. The molecule has 2 aliphatic rings. The topological polar surface area (TPSA) is 101 Å². The smallest absolute Gasteiger partial charge is 0.407 e. The second-order valence-corrected chi connectivity index (χ2v) is 13.2. The number of amides is 3. The van der Waals surface area contributed by atoms with Crippen LogP contribution >= 0.6 is 11.6 Å². The van der Waals surface area contributed by atoms with E-state index in [1.807, 2.05) is 63.2 Å². The highest BCUT2D eigenvalue weighted by atomic mass is 35.5. The van der Waals surface area contributed by atoms with E-state index in [-0.39, 0.29) is 42.4 Å². The van der Waals surface area contributed by atoms with Gasteiger partial charge in [0.1, 0.15) is 23.0 Å². The predicted molar refractivity (Wildman–Crippen MR) is 169 cm³/mol. The van der Waals surface area contributed by atoms with Crippen LogP contribution in [0.2, 0.25) is 5.02 Å². The summed E-state index contributed by atoms with van der Waals surface area (Å²) < 4.78 is 25.5. The third-order valence-corrected chi connectivity index (χ3v) is 8.51. The number of furan rings is 1. The highest BCUT2D eigenvalue weighted by Crippen LogP contribution is 2.48. The first kappa shape index (κ1) is 30.6. The summed E-state index contributed by atoms with van der Waals surface area (Å²) in [5.74, 6) is -0.676. The second kappa shape index (κ2) is 12.2. The van der Waals surface area contributed by atoms with Gasteiger partial charge >= 0.3 is 6.09 Å². The fourth-order valence-electron chi connectivity index (χ4n) is 6.10. The van der Waals surface area contributed by atoms with Crippen LogP contribution in [0, 0.1) is 11.7 Å². The Kier molecular flexibility index (Phi) is 8.31. The molecule has 10 heteroatoms. The summed E-state index contributed by atoms with van der Waals surface area (Å²) in [7, 11) is 0. The molecule has 45 heavy (non-hydrogen) atoms. The Balaban J connectivity index is 1.17. The fourth-order valence-corrected chi connectivity index (χ4v) is 6.29. The number of rotatable bonds is 8. The first-order valence-electron chi connectivity index (χ1n) is 15.0. The molecule has 3 amide bonds. The molecule has 6 rings (SSSR count). The van der Waals surface area contributed by atoms with Crippen molar-refractivity contribution in [2.45, 2.75) is 70.8 Å². The van der Waals surface area contributed by atoms with E-state index in [2.05, 4.69) is 10.6 Å². The van der Waals surface area contributed by atoms with Crippen LogP contribution in [-0.2, 0) is 33.8 Å². The van der Waals surface area contributed by atoms with Crippen molar-refractivity contribution >= 4 is 40.5 Å². The SMILES string of the molecule is CC(C)(C)OC(=O)NCc1cccc(-c2cc(CC(=O)N3[C@@H]4CC4C[C@H]3C(=O)NCc3cccc(Cl)c3F)cc3ccoc23)c1. The van der Waals surface area contributed by atoms with Gasteiger partial charge in [0.05, 0.1) is 17.7 Å². The maximum absolute atomic E-state index is 14.4. The number of piperidine rings is 1. The van der Waals surface area contributed by atoms with Gasteiger partial charge in [-0.05, 0) is 86.6 Å². The molecule has 1 saturated heterocycles. The van der Waals surface area contributed by atoms with E-state index in [0.717, 1.165) is 34.1 Å². The van der Waals surface area contributed by atoms with Crippen molar-refractivity contribution in [3.63, 3.8) is 0 Å². The fraction of sp³-hybridized carbons (Fsp3) is 0.343. The number of benzene rings is 3. The van der Waals surface area contributed by atoms with Gasteiger partial charge in [-0.3, -0.25) is 9.59 Å². The molecule has 0 bridgehead atoms. The Morgan fingerprint density at radius 1 is 1.00 bits per heavy atom. The summed E-state index contributed by atoms with van der Waals surface area (Å²) in [6.07, 6.45) is 2.71. The minimum absolute atomic E-state index is 0.00109. The number of halogens is 2. The van der Waals surface area contributed by atoms with Crippen molar-refractivity contribution in [1.82, 2.24) is 15.5 Å². The molecule has 3 atom stereocenters. The molecule has 4 aromatic rings. The second-order valence-electron chi connectivity index (χ2n) is 12.8. The van der Waals surface area contributed by atoms with Gasteiger partial charge < -0.3 is 24.7 Å². The Bertz CT molecular complexity index is 1780. The van der Waals surface area contributed by atoms with Crippen LogP contribution in [-0.4, -0.2) is 40.5 Å². The zero-order valence-corrected chi connectivity index (χ0v) is 26.1. The van der Waals surface area contributed by atoms with Crippen LogP contribution in [0.4, 0.5) is 9.18 Å². The van der Waals surface area contributed by atoms with Crippen molar-refractivity contribution < 1.29 is 27.9 Å². The van der Waals surface area contributed by atoms with Gasteiger partial charge in [-0.15, -0.1) is 0 Å². The van der Waals surface area contributed by atoms with Crippen LogP contribution in [0.15, 0.2) is 71.3 Å². The minimum atomic E-state index is -0.602. The van der Waals surface area contributed by atoms with Gasteiger partial charge in [-0.1, -0.05) is 41.9 Å². The molecule has 2 heterocycles. The highest BCUT2D eigenvalue weighted by molar-refractivity contribution is 6.30. The van der Waals surface area contributed by atoms with E-state index in [9.17, 15) is 18.8 Å². The van der Waals surface area contributed by atoms with Crippen molar-refractivity contribution in [2.24, 2.45) is 5.92 Å². The minimum Gasteiger partial charge on any atom is -0.464 e. The molecule has 1 aliphatic carbocycles. The standard InChI is InChI=1S/C35H35ClFN3O5/c1-35(2,3)45-34(43)39-18-20-6-4-7-22(12-20)26-14-21(13-23-10-11-44-32(23)26)15-30(41)40-28-16-25(28)17-29(40)33(42)38-19-24-8-5-9-27(36)31(24)37/h4-14,25,28-29H,15-19H2,1-3H3,(H,38,42)(H,39,43)/t25?,28-,29+/m1/s1. The quantitative estimate of drug-likeness (QED) is 0.224. The van der Waals surface area contributed by atoms with Crippen molar-refractivity contribution in [1.29, 1.82) is 0 Å². The first-order chi connectivity index (χ1) is 21.5. The van der Waals surface area contributed by atoms with E-state index in [4.69, 9.17) is 20.8 Å². The Morgan fingerprint density at radius 2 is 1.80 bits per heavy atom. The van der Waals surface area contributed by atoms with Gasteiger partial charge in [-0.2, -0.15) is 0 Å². The van der Waals surface area contributed by atoms with Crippen LogP contribution in [0.1, 0.15) is 50.3 Å². The van der Waals surface area contributed by atoms with Crippen LogP contribution < -0.4 is 10.6 Å². The molecule has 0 spiro atoms. The van der Waals surface area contributed by atoms with Crippen molar-refractivity contribution in [2.75, 3.05) is 0 Å². The number of hydrogen-bond acceptors (Lipinski definition) is 5. The van der Waals surface area contributed by atoms with E-state index < -0.39 is 23.6 Å². The van der Waals surface area contributed by atoms with E-state index >= 15 is 0 Å². The van der Waals surface area contributed by atoms with Gasteiger partial charge in [-0.25, -0.2) is 9.18 Å². The summed E-state index contributed by atoms with van der Waals surface area (Å²) in [5, 5.41) is 6.45. The molecule has 0 radical (unpaired) electrons. The van der Waals surface area contributed by atoms with E-state index in [1.165, 1.54) is 6.07 Å². The molecule has 1 saturated carbocycles. The zero-order valence-electron chi connectivity index (χ0n) is 25.4. The number of fused-ring (bicyclic) bond motifs is 2. The van der Waals surface area contributed by atoms with Crippen LogP contribution in [0.5, 0.6) is 0 Å². The monoisotopic (exact) mass is 631 g/mol. The summed E-state index contributed by atoms with van der Waals surface area (Å²) in [6.45, 7) is 5.71. The number of alkyl carbamates (subject to hydrolysis) is 1. The first-order valence-corrected chi connectivity index (χ1v) is 15.4. The summed E-state index contributed by atoms with van der Waals surface area (Å²) in [6, 6.07) is 17.6. The third kappa shape index (κ3) is 6.83. The number of hydrogen-bond donors (Lipinski definition) is 2. The maximum Gasteiger partial charge on any atom is 0.407 e. The molecule has 1 aliphatic heterocycles. The van der Waals surface area contributed by atoms with Crippen molar-refractivity contribution in [3.8, 4) is 11.1 Å². The lowest BCUT2D eigenvalue weighted by Crippen LogP contribution is -2.48. The lowest BCUT2D eigenvalue weighted by atomic mass is 9.97. The van der Waals surface area contributed by atoms with Gasteiger partial charge in [0.15, 0.2) is 0 Å². The van der Waals surface area contributed by atoms with E-state index in [1.54, 1.807) is 23.3 Å². The lowest BCUT2D eigenvalue weighted by molar-refractivity contribution is -0.139. The summed E-state index contributed by atoms with van der Waals surface area (Å²) >= 11 is 5.89. The number of nitrogens with zero attached hydrogens (tertiary/aromatic N) is 1. The molecule has 1 aromatic heterocycles. The largest absolute Gasteiger partial charge is 0.464 e. The molecule has 2 N–H and O–H groups in total. The molecule has 234 valence electrons. The van der Waals surface area contributed by atoms with Gasteiger partial charge in [0.25, 0.3) is 0 Å². The average Bonchev–Trinajstić information content (AvgIpc) is 3.39. The van der Waals surface area contributed by atoms with Crippen LogP contribution in [0.3, 0.4) is 0 Å². The predicted octanol–water partition coefficient (Wildman–Crippen LogP) is 6.77. The number of likely N-dealkylation sites (tertiary alicyclic amines) is 1.